The third-order valence-electron chi connectivity index (χ3n) is 5.63. The molecule has 1 amide bonds. The first-order valence-electron chi connectivity index (χ1n) is 9.76. The molecule has 2 fully saturated rings. The van der Waals surface area contributed by atoms with Crippen molar-refractivity contribution in [2.24, 2.45) is 5.92 Å². The van der Waals surface area contributed by atoms with Crippen LogP contribution in [0.2, 0.25) is 0 Å². The Morgan fingerprint density at radius 1 is 1.14 bits per heavy atom. The summed E-state index contributed by atoms with van der Waals surface area (Å²) in [4.78, 5) is 13.4. The van der Waals surface area contributed by atoms with Gasteiger partial charge in [0.1, 0.15) is 6.61 Å². The van der Waals surface area contributed by atoms with Crippen LogP contribution in [0.1, 0.15) is 19.8 Å². The molecule has 1 aromatic heterocycles. The van der Waals surface area contributed by atoms with E-state index in [1.807, 2.05) is 30.5 Å². The van der Waals surface area contributed by atoms with Crippen LogP contribution in [0.15, 0.2) is 48.7 Å². The molecule has 0 spiro atoms. The standard InChI is InChI=1S/C22H22N4O2/c1-14(15-2-3-15)24-21-13-23-25-20-12-17(6-9-19(20)21)16-4-7-18(8-5-16)26-10-11-28-22(26)27/h4-9,12-15H,2-3,10-11H2,1H3,(H,24,25)/t14-/m1/s1. The zero-order valence-corrected chi connectivity index (χ0v) is 15.8. The number of anilines is 2. The number of nitrogens with zero attached hydrogens (tertiary/aromatic N) is 3. The molecule has 1 saturated carbocycles. The fraction of sp³-hybridized carbons (Fsp3) is 0.318. The van der Waals surface area contributed by atoms with E-state index in [0.29, 0.717) is 19.2 Å². The smallest absolute Gasteiger partial charge is 0.414 e. The number of hydrogen-bond donors (Lipinski definition) is 1. The fourth-order valence-corrected chi connectivity index (χ4v) is 3.78. The molecule has 1 aliphatic heterocycles. The minimum atomic E-state index is -0.283. The van der Waals surface area contributed by atoms with Crippen molar-refractivity contribution in [1.29, 1.82) is 0 Å². The van der Waals surface area contributed by atoms with Gasteiger partial charge in [0.25, 0.3) is 0 Å². The quantitative estimate of drug-likeness (QED) is 0.714. The Bertz CT molecular complexity index is 1030. The van der Waals surface area contributed by atoms with Gasteiger partial charge >= 0.3 is 6.09 Å². The van der Waals surface area contributed by atoms with Gasteiger partial charge in [0.05, 0.1) is 23.9 Å². The molecule has 28 heavy (non-hydrogen) atoms. The number of carbonyl (C=O) groups is 1. The lowest BCUT2D eigenvalue weighted by atomic mass is 10.0. The number of hydrogen-bond acceptors (Lipinski definition) is 5. The first-order chi connectivity index (χ1) is 13.7. The Morgan fingerprint density at radius 2 is 1.93 bits per heavy atom. The summed E-state index contributed by atoms with van der Waals surface area (Å²) in [6.45, 7) is 3.27. The van der Waals surface area contributed by atoms with E-state index in [9.17, 15) is 4.79 Å². The first-order valence-corrected chi connectivity index (χ1v) is 9.76. The van der Waals surface area contributed by atoms with E-state index in [1.54, 1.807) is 4.90 Å². The van der Waals surface area contributed by atoms with Crippen LogP contribution < -0.4 is 10.2 Å². The van der Waals surface area contributed by atoms with Crippen molar-refractivity contribution in [2.45, 2.75) is 25.8 Å². The highest BCUT2D eigenvalue weighted by molar-refractivity contribution is 5.93. The van der Waals surface area contributed by atoms with Gasteiger partial charge in [-0.2, -0.15) is 10.2 Å². The van der Waals surface area contributed by atoms with E-state index in [1.165, 1.54) is 12.8 Å². The number of ether oxygens (including phenoxy) is 1. The van der Waals surface area contributed by atoms with E-state index in [-0.39, 0.29) is 6.09 Å². The number of fused-ring (bicyclic) bond motifs is 1. The molecule has 1 N–H and O–H groups in total. The van der Waals surface area contributed by atoms with E-state index in [0.717, 1.165) is 39.3 Å². The molecule has 0 radical (unpaired) electrons. The zero-order valence-electron chi connectivity index (χ0n) is 15.8. The van der Waals surface area contributed by atoms with Crippen LogP contribution >= 0.6 is 0 Å². The largest absolute Gasteiger partial charge is 0.447 e. The Labute approximate surface area is 163 Å². The van der Waals surface area contributed by atoms with Crippen molar-refractivity contribution in [1.82, 2.24) is 10.2 Å². The predicted octanol–water partition coefficient (Wildman–Crippen LogP) is 4.46. The lowest BCUT2D eigenvalue weighted by Crippen LogP contribution is -2.23. The highest BCUT2D eigenvalue weighted by Crippen LogP contribution is 2.35. The molecule has 1 aliphatic carbocycles. The van der Waals surface area contributed by atoms with Gasteiger partial charge in [0, 0.05) is 17.1 Å². The van der Waals surface area contributed by atoms with Gasteiger partial charge in [0.15, 0.2) is 0 Å². The molecule has 0 unspecified atom stereocenters. The lowest BCUT2D eigenvalue weighted by Gasteiger charge is -2.16. The number of aromatic nitrogens is 2. The number of benzene rings is 2. The average molecular weight is 374 g/mol. The molecule has 6 nitrogen and oxygen atoms in total. The van der Waals surface area contributed by atoms with Gasteiger partial charge in [-0.15, -0.1) is 0 Å². The molecular weight excluding hydrogens is 352 g/mol. The lowest BCUT2D eigenvalue weighted by molar-refractivity contribution is 0.181. The third kappa shape index (κ3) is 3.15. The van der Waals surface area contributed by atoms with Crippen molar-refractivity contribution in [3.63, 3.8) is 0 Å². The number of carbonyl (C=O) groups excluding carboxylic acids is 1. The van der Waals surface area contributed by atoms with Crippen molar-refractivity contribution in [2.75, 3.05) is 23.4 Å². The third-order valence-corrected chi connectivity index (χ3v) is 5.63. The minimum absolute atomic E-state index is 0.283. The van der Waals surface area contributed by atoms with E-state index < -0.39 is 0 Å². The maximum Gasteiger partial charge on any atom is 0.414 e. The second-order valence-electron chi connectivity index (χ2n) is 7.57. The molecule has 1 atom stereocenters. The van der Waals surface area contributed by atoms with Gasteiger partial charge in [-0.1, -0.05) is 18.2 Å². The summed E-state index contributed by atoms with van der Waals surface area (Å²) >= 11 is 0. The van der Waals surface area contributed by atoms with Gasteiger partial charge < -0.3 is 10.1 Å². The van der Waals surface area contributed by atoms with Crippen LogP contribution in [0, 0.1) is 5.92 Å². The predicted molar refractivity (Wildman–Crippen MR) is 109 cm³/mol. The summed E-state index contributed by atoms with van der Waals surface area (Å²) in [5.41, 5.74) is 4.92. The Kier molecular flexibility index (Phi) is 4.11. The van der Waals surface area contributed by atoms with Gasteiger partial charge in [-0.25, -0.2) is 4.79 Å². The summed E-state index contributed by atoms with van der Waals surface area (Å²) in [6, 6.07) is 14.7. The van der Waals surface area contributed by atoms with Gasteiger partial charge in [-0.3, -0.25) is 4.90 Å². The highest BCUT2D eigenvalue weighted by Gasteiger charge is 2.28. The van der Waals surface area contributed by atoms with E-state index in [2.05, 4.69) is 40.6 Å². The summed E-state index contributed by atoms with van der Waals surface area (Å²) < 4.78 is 5.01. The SMILES string of the molecule is C[C@@H](Nc1cnnc2cc(-c3ccc(N4CCOC4=O)cc3)ccc12)C1CC1. The monoisotopic (exact) mass is 374 g/mol. The maximum atomic E-state index is 11.7. The van der Waals surface area contributed by atoms with Crippen LogP contribution in [-0.2, 0) is 4.74 Å². The Hall–Kier alpha value is -3.15. The van der Waals surface area contributed by atoms with Crippen molar-refractivity contribution in [3.8, 4) is 11.1 Å². The summed E-state index contributed by atoms with van der Waals surface area (Å²) in [5.74, 6) is 0.772. The van der Waals surface area contributed by atoms with E-state index >= 15 is 0 Å². The minimum Gasteiger partial charge on any atom is -0.447 e. The molecule has 1 saturated heterocycles. The highest BCUT2D eigenvalue weighted by atomic mass is 16.6. The Morgan fingerprint density at radius 3 is 2.64 bits per heavy atom. The maximum absolute atomic E-state index is 11.7. The molecule has 5 rings (SSSR count). The second-order valence-corrected chi connectivity index (χ2v) is 7.57. The first kappa shape index (κ1) is 17.0. The summed E-state index contributed by atoms with van der Waals surface area (Å²) in [7, 11) is 0. The number of rotatable bonds is 5. The van der Waals surface area contributed by atoms with E-state index in [4.69, 9.17) is 4.74 Å². The van der Waals surface area contributed by atoms with Crippen LogP contribution in [-0.4, -0.2) is 35.5 Å². The normalized spacial score (nSPS) is 17.6. The number of cyclic esters (lactones) is 1. The second kappa shape index (κ2) is 6.78. The van der Waals surface area contributed by atoms with Crippen LogP contribution in [0.3, 0.4) is 0 Å². The summed E-state index contributed by atoms with van der Waals surface area (Å²) in [5, 5.41) is 13.2. The van der Waals surface area contributed by atoms with Crippen LogP contribution in [0.25, 0.3) is 22.0 Å². The molecule has 3 aromatic rings. The molecule has 0 bridgehead atoms. The van der Waals surface area contributed by atoms with Crippen LogP contribution in [0.4, 0.5) is 16.2 Å². The molecule has 142 valence electrons. The number of amides is 1. The van der Waals surface area contributed by atoms with Gasteiger partial charge in [-0.05, 0) is 61.1 Å². The molecule has 2 aromatic carbocycles. The average Bonchev–Trinajstić information content (AvgIpc) is 3.49. The molecule has 6 heteroatoms. The Balaban J connectivity index is 1.42. The van der Waals surface area contributed by atoms with Crippen LogP contribution in [0.5, 0.6) is 0 Å². The van der Waals surface area contributed by atoms with Gasteiger partial charge in [0.2, 0.25) is 0 Å². The number of nitrogens with one attached hydrogen (secondary N) is 1. The zero-order chi connectivity index (χ0) is 19.1. The van der Waals surface area contributed by atoms with Crippen molar-refractivity contribution >= 4 is 28.4 Å². The fourth-order valence-electron chi connectivity index (χ4n) is 3.78. The topological polar surface area (TPSA) is 67.3 Å². The van der Waals surface area contributed by atoms with Crippen molar-refractivity contribution in [3.05, 3.63) is 48.7 Å². The molecular formula is C22H22N4O2. The summed E-state index contributed by atoms with van der Waals surface area (Å²) in [6.07, 6.45) is 4.14. The van der Waals surface area contributed by atoms with Crippen molar-refractivity contribution < 1.29 is 9.53 Å². The molecule has 2 aliphatic rings. The molecule has 2 heterocycles.